The van der Waals surface area contributed by atoms with E-state index in [2.05, 4.69) is 31.0 Å². The number of nitrogen functional groups attached to an aromatic ring is 1. The van der Waals surface area contributed by atoms with Crippen LogP contribution in [0.1, 0.15) is 86.1 Å². The molecule has 2 aliphatic rings. The fourth-order valence-electron chi connectivity index (χ4n) is 5.44. The van der Waals surface area contributed by atoms with Crippen LogP contribution in [0.4, 0.5) is 10.5 Å². The molecule has 178 valence electrons. The number of fused-ring (bicyclic) bond motifs is 4. The van der Waals surface area contributed by atoms with Gasteiger partial charge in [-0.3, -0.25) is 4.79 Å². The van der Waals surface area contributed by atoms with Crippen LogP contribution < -0.4 is 5.73 Å². The Morgan fingerprint density at radius 2 is 1.82 bits per heavy atom. The molecule has 0 spiro atoms. The molecule has 1 aliphatic carbocycles. The molecule has 0 saturated carbocycles. The average Bonchev–Trinajstić information content (AvgIpc) is 3.16. The summed E-state index contributed by atoms with van der Waals surface area (Å²) < 4.78 is 5.54. The number of ketones is 1. The first kappa shape index (κ1) is 22.5. The van der Waals surface area contributed by atoms with Gasteiger partial charge in [0.25, 0.3) is 0 Å². The van der Waals surface area contributed by atoms with Crippen molar-refractivity contribution in [3.63, 3.8) is 0 Å². The van der Waals surface area contributed by atoms with E-state index in [0.717, 1.165) is 46.1 Å². The number of carbonyl (C=O) groups excluding carboxylic acids is 2. The van der Waals surface area contributed by atoms with Gasteiger partial charge < -0.3 is 20.4 Å². The molecule has 3 N–H and O–H groups in total. The maximum absolute atomic E-state index is 13.6. The van der Waals surface area contributed by atoms with Crippen LogP contribution in [0, 0.1) is 0 Å². The smallest absolute Gasteiger partial charge is 0.410 e. The Morgan fingerprint density at radius 3 is 2.50 bits per heavy atom. The van der Waals surface area contributed by atoms with Gasteiger partial charge in [0.05, 0.1) is 5.56 Å². The molecule has 0 bridgehead atoms. The third-order valence-corrected chi connectivity index (χ3v) is 7.25. The number of nitrogens with zero attached hydrogens (tertiary/aromatic N) is 1. The zero-order chi connectivity index (χ0) is 24.4. The van der Waals surface area contributed by atoms with Gasteiger partial charge in [0.2, 0.25) is 0 Å². The van der Waals surface area contributed by atoms with E-state index in [9.17, 15) is 9.59 Å². The van der Waals surface area contributed by atoms with E-state index in [1.807, 2.05) is 45.0 Å². The summed E-state index contributed by atoms with van der Waals surface area (Å²) in [4.78, 5) is 31.3. The molecule has 1 aliphatic heterocycles. The third-order valence-electron chi connectivity index (χ3n) is 7.25. The average molecular weight is 460 g/mol. The Balaban J connectivity index is 1.43. The summed E-state index contributed by atoms with van der Waals surface area (Å²) in [7, 11) is 0. The number of hydrogen-bond acceptors (Lipinski definition) is 4. The van der Waals surface area contributed by atoms with Gasteiger partial charge >= 0.3 is 6.09 Å². The lowest BCUT2D eigenvalue weighted by molar-refractivity contribution is 0.0204. The van der Waals surface area contributed by atoms with Crippen molar-refractivity contribution in [3.05, 3.63) is 64.3 Å². The van der Waals surface area contributed by atoms with E-state index in [1.165, 1.54) is 5.56 Å². The first-order valence-electron chi connectivity index (χ1n) is 12.0. The molecule has 3 aromatic rings. The van der Waals surface area contributed by atoms with Crippen molar-refractivity contribution in [3.8, 4) is 0 Å². The summed E-state index contributed by atoms with van der Waals surface area (Å²) in [6.45, 7) is 11.4. The van der Waals surface area contributed by atoms with Crippen LogP contribution in [-0.2, 0) is 10.2 Å². The summed E-state index contributed by atoms with van der Waals surface area (Å²) in [6, 6.07) is 12.0. The molecule has 6 heteroatoms. The second kappa shape index (κ2) is 7.62. The van der Waals surface area contributed by atoms with Crippen LogP contribution in [0.5, 0.6) is 0 Å². The monoisotopic (exact) mass is 459 g/mol. The summed E-state index contributed by atoms with van der Waals surface area (Å²) >= 11 is 0. The van der Waals surface area contributed by atoms with Gasteiger partial charge in [-0.2, -0.15) is 0 Å². The van der Waals surface area contributed by atoms with Gasteiger partial charge in [-0.15, -0.1) is 0 Å². The summed E-state index contributed by atoms with van der Waals surface area (Å²) in [6.07, 6.45) is 1.52. The quantitative estimate of drug-likeness (QED) is 0.455. The Kier molecular flexibility index (Phi) is 5.04. The number of nitrogens with two attached hydrogens (primary N) is 1. The van der Waals surface area contributed by atoms with Crippen molar-refractivity contribution < 1.29 is 14.3 Å². The number of piperidine rings is 1. The highest BCUT2D eigenvalue weighted by Crippen LogP contribution is 2.45. The number of amides is 1. The number of likely N-dealkylation sites (tertiary alicyclic amines) is 1. The number of aromatic amines is 1. The first-order chi connectivity index (χ1) is 16.0. The van der Waals surface area contributed by atoms with Crippen molar-refractivity contribution in [1.29, 1.82) is 0 Å². The van der Waals surface area contributed by atoms with E-state index in [4.69, 9.17) is 10.5 Å². The zero-order valence-corrected chi connectivity index (χ0v) is 20.6. The standard InChI is InChI=1S/C28H33N3O3/c1-27(2,3)34-26(33)31-12-10-16(11-13-31)17-6-8-19-21(14-17)28(4,5)25-23(24(19)32)20-9-7-18(29)15-22(20)30-25/h6-9,14-16,30H,10-13,29H2,1-5H3. The van der Waals surface area contributed by atoms with Crippen LogP contribution in [-0.4, -0.2) is 40.5 Å². The number of ether oxygens (including phenoxy) is 1. The van der Waals surface area contributed by atoms with Crippen molar-refractivity contribution >= 4 is 28.5 Å². The largest absolute Gasteiger partial charge is 0.444 e. The minimum Gasteiger partial charge on any atom is -0.444 e. The summed E-state index contributed by atoms with van der Waals surface area (Å²) in [5.41, 5.74) is 11.5. The molecule has 0 atom stereocenters. The van der Waals surface area contributed by atoms with Gasteiger partial charge in [0, 0.05) is 46.4 Å². The van der Waals surface area contributed by atoms with Crippen LogP contribution in [0.3, 0.4) is 0 Å². The highest BCUT2D eigenvalue weighted by molar-refractivity contribution is 6.20. The van der Waals surface area contributed by atoms with Gasteiger partial charge in [-0.05, 0) is 62.8 Å². The Bertz CT molecular complexity index is 1300. The number of rotatable bonds is 1. The molecule has 2 heterocycles. The fraction of sp³-hybridized carbons (Fsp3) is 0.429. The highest BCUT2D eigenvalue weighted by atomic mass is 16.6. The Morgan fingerprint density at radius 1 is 1.12 bits per heavy atom. The lowest BCUT2D eigenvalue weighted by atomic mass is 9.70. The summed E-state index contributed by atoms with van der Waals surface area (Å²) in [5.74, 6) is 0.408. The van der Waals surface area contributed by atoms with Gasteiger partial charge in [0.1, 0.15) is 5.60 Å². The minimum absolute atomic E-state index is 0.0617. The second-order valence-electron chi connectivity index (χ2n) is 11.2. The maximum atomic E-state index is 13.6. The SMILES string of the molecule is CC(C)(C)OC(=O)N1CCC(c2ccc3c(c2)C(C)(C)c2[nH]c4cc(N)ccc4c2C3=O)CC1. The van der Waals surface area contributed by atoms with E-state index < -0.39 is 5.60 Å². The molecule has 0 radical (unpaired) electrons. The maximum Gasteiger partial charge on any atom is 0.410 e. The van der Waals surface area contributed by atoms with Gasteiger partial charge in [0.15, 0.2) is 5.78 Å². The van der Waals surface area contributed by atoms with E-state index >= 15 is 0 Å². The lowest BCUT2D eigenvalue weighted by Crippen LogP contribution is -2.41. The molecule has 1 fully saturated rings. The van der Waals surface area contributed by atoms with E-state index in [1.54, 1.807) is 4.90 Å². The topological polar surface area (TPSA) is 88.4 Å². The number of H-pyrrole nitrogens is 1. The summed E-state index contributed by atoms with van der Waals surface area (Å²) in [5, 5.41) is 0.923. The lowest BCUT2D eigenvalue weighted by Gasteiger charge is -2.35. The van der Waals surface area contributed by atoms with Crippen molar-refractivity contribution in [2.24, 2.45) is 0 Å². The first-order valence-corrected chi connectivity index (χ1v) is 12.0. The second-order valence-corrected chi connectivity index (χ2v) is 11.2. The molecular formula is C28H33N3O3. The van der Waals surface area contributed by atoms with Crippen LogP contribution in [0.25, 0.3) is 10.9 Å². The molecule has 2 aromatic carbocycles. The van der Waals surface area contributed by atoms with Crippen molar-refractivity contribution in [2.75, 3.05) is 18.8 Å². The number of anilines is 1. The Hall–Kier alpha value is -3.28. The van der Waals surface area contributed by atoms with Crippen molar-refractivity contribution in [1.82, 2.24) is 9.88 Å². The molecule has 5 rings (SSSR count). The van der Waals surface area contributed by atoms with E-state index in [-0.39, 0.29) is 17.3 Å². The minimum atomic E-state index is -0.488. The highest BCUT2D eigenvalue weighted by Gasteiger charge is 2.40. The number of hydrogen-bond donors (Lipinski definition) is 2. The normalized spacial score (nSPS) is 18.0. The predicted molar refractivity (Wildman–Crippen MR) is 134 cm³/mol. The van der Waals surface area contributed by atoms with Crippen molar-refractivity contribution in [2.45, 2.75) is 64.4 Å². The molecule has 1 amide bonds. The number of benzene rings is 2. The van der Waals surface area contributed by atoms with E-state index in [0.29, 0.717) is 24.7 Å². The van der Waals surface area contributed by atoms with Gasteiger partial charge in [-0.25, -0.2) is 4.79 Å². The fourth-order valence-corrected chi connectivity index (χ4v) is 5.44. The zero-order valence-electron chi connectivity index (χ0n) is 20.6. The number of aromatic nitrogens is 1. The van der Waals surface area contributed by atoms with Crippen LogP contribution in [0.15, 0.2) is 36.4 Å². The predicted octanol–water partition coefficient (Wildman–Crippen LogP) is 5.73. The van der Waals surface area contributed by atoms with Crippen LogP contribution >= 0.6 is 0 Å². The Labute approximate surface area is 200 Å². The molecule has 0 unspecified atom stereocenters. The molecular weight excluding hydrogens is 426 g/mol. The molecule has 6 nitrogen and oxygen atoms in total. The number of nitrogens with one attached hydrogen (secondary N) is 1. The van der Waals surface area contributed by atoms with Gasteiger partial charge in [-0.1, -0.05) is 38.1 Å². The number of carbonyl (C=O) groups is 2. The molecule has 1 saturated heterocycles. The molecule has 34 heavy (non-hydrogen) atoms. The van der Waals surface area contributed by atoms with Crippen LogP contribution in [0.2, 0.25) is 0 Å². The third kappa shape index (κ3) is 3.65. The molecule has 1 aromatic heterocycles.